The molecule has 0 bridgehead atoms. The second-order valence-electron chi connectivity index (χ2n) is 2.76. The van der Waals surface area contributed by atoms with E-state index in [0.717, 1.165) is 24.3 Å². The van der Waals surface area contributed by atoms with Gasteiger partial charge in [-0.25, -0.2) is 0 Å². The van der Waals surface area contributed by atoms with Gasteiger partial charge in [-0.2, -0.15) is 13.2 Å². The molecule has 0 saturated carbocycles. The smallest absolute Gasteiger partial charge is 0.258 e. The molecule has 0 N–H and O–H groups in total. The van der Waals surface area contributed by atoms with Crippen molar-refractivity contribution in [3.8, 4) is 0 Å². The zero-order valence-corrected chi connectivity index (χ0v) is 7.92. The van der Waals surface area contributed by atoms with Crippen LogP contribution < -0.4 is 0 Å². The van der Waals surface area contributed by atoms with Crippen LogP contribution in [-0.4, -0.2) is 11.1 Å². The van der Waals surface area contributed by atoms with E-state index in [-0.39, 0.29) is 5.56 Å². The molecule has 0 aliphatic rings. The zero-order valence-electron chi connectivity index (χ0n) is 7.16. The van der Waals surface area contributed by atoms with Gasteiger partial charge in [0.1, 0.15) is 0 Å². The third-order valence-corrected chi connectivity index (χ3v) is 2.16. The highest BCUT2D eigenvalue weighted by molar-refractivity contribution is 6.21. The molecule has 1 atom stereocenters. The molecule has 3 nitrogen and oxygen atoms in total. The fourth-order valence-corrected chi connectivity index (χ4v) is 1.12. The van der Waals surface area contributed by atoms with Crippen molar-refractivity contribution in [3.63, 3.8) is 0 Å². The van der Waals surface area contributed by atoms with Crippen LogP contribution in [0.5, 0.6) is 0 Å². The number of nitro groups is 1. The van der Waals surface area contributed by atoms with E-state index in [1.807, 2.05) is 0 Å². The maximum atomic E-state index is 12.2. The van der Waals surface area contributed by atoms with Gasteiger partial charge in [0.05, 0.1) is 4.92 Å². The summed E-state index contributed by atoms with van der Waals surface area (Å²) in [6, 6.07) is 4.17. The van der Waals surface area contributed by atoms with E-state index in [1.54, 1.807) is 0 Å². The van der Waals surface area contributed by atoms with Crippen molar-refractivity contribution >= 4 is 17.3 Å². The summed E-state index contributed by atoms with van der Waals surface area (Å²) in [5.74, 6) is 0. The first-order chi connectivity index (χ1) is 6.82. The summed E-state index contributed by atoms with van der Waals surface area (Å²) in [5.41, 5.74) is -0.749. The Bertz CT molecular complexity index is 380. The van der Waals surface area contributed by atoms with Gasteiger partial charge in [0.25, 0.3) is 5.69 Å². The monoisotopic (exact) mass is 239 g/mol. The van der Waals surface area contributed by atoms with Gasteiger partial charge in [-0.3, -0.25) is 10.1 Å². The molecule has 1 unspecified atom stereocenters. The number of rotatable bonds is 2. The molecule has 82 valence electrons. The number of hydrogen-bond donors (Lipinski definition) is 0. The molecule has 7 heteroatoms. The van der Waals surface area contributed by atoms with E-state index >= 15 is 0 Å². The first kappa shape index (κ1) is 11.8. The van der Waals surface area contributed by atoms with Crippen molar-refractivity contribution in [1.29, 1.82) is 0 Å². The highest BCUT2D eigenvalue weighted by Gasteiger charge is 2.39. The van der Waals surface area contributed by atoms with Gasteiger partial charge in [0.15, 0.2) is 5.38 Å². The number of nitro benzene ring substituents is 1. The van der Waals surface area contributed by atoms with Crippen molar-refractivity contribution in [2.24, 2.45) is 0 Å². The van der Waals surface area contributed by atoms with Gasteiger partial charge in [0, 0.05) is 12.1 Å². The Hall–Kier alpha value is -1.30. The van der Waals surface area contributed by atoms with Crippen molar-refractivity contribution < 1.29 is 18.1 Å². The number of non-ortho nitro benzene ring substituents is 1. The van der Waals surface area contributed by atoms with Gasteiger partial charge in [0.2, 0.25) is 0 Å². The molecule has 1 aromatic carbocycles. The van der Waals surface area contributed by atoms with Crippen molar-refractivity contribution in [1.82, 2.24) is 0 Å². The Morgan fingerprint density at radius 1 is 1.40 bits per heavy atom. The lowest BCUT2D eigenvalue weighted by molar-refractivity contribution is -0.384. The quantitative estimate of drug-likeness (QED) is 0.451. The van der Waals surface area contributed by atoms with Crippen LogP contribution in [0.3, 0.4) is 0 Å². The summed E-state index contributed by atoms with van der Waals surface area (Å²) >= 11 is 5.11. The van der Waals surface area contributed by atoms with Crippen LogP contribution in [0.4, 0.5) is 18.9 Å². The van der Waals surface area contributed by atoms with Crippen LogP contribution in [0.25, 0.3) is 0 Å². The molecule has 0 spiro atoms. The average molecular weight is 240 g/mol. The van der Waals surface area contributed by atoms with E-state index in [0.29, 0.717) is 0 Å². The summed E-state index contributed by atoms with van der Waals surface area (Å²) in [4.78, 5) is 9.53. The van der Waals surface area contributed by atoms with Crippen molar-refractivity contribution in [2.75, 3.05) is 0 Å². The van der Waals surface area contributed by atoms with E-state index < -0.39 is 22.2 Å². The van der Waals surface area contributed by atoms with Crippen LogP contribution in [0.1, 0.15) is 10.9 Å². The lowest BCUT2D eigenvalue weighted by Crippen LogP contribution is -2.15. The highest BCUT2D eigenvalue weighted by Crippen LogP contribution is 2.38. The van der Waals surface area contributed by atoms with Gasteiger partial charge < -0.3 is 0 Å². The summed E-state index contributed by atoms with van der Waals surface area (Å²) in [6.07, 6.45) is -4.61. The van der Waals surface area contributed by atoms with E-state index in [9.17, 15) is 23.3 Å². The van der Waals surface area contributed by atoms with Gasteiger partial charge in [-0.1, -0.05) is 12.1 Å². The van der Waals surface area contributed by atoms with Crippen LogP contribution in [0.15, 0.2) is 24.3 Å². The molecule has 15 heavy (non-hydrogen) atoms. The Morgan fingerprint density at radius 3 is 2.47 bits per heavy atom. The van der Waals surface area contributed by atoms with Crippen LogP contribution >= 0.6 is 11.6 Å². The van der Waals surface area contributed by atoms with E-state index in [4.69, 9.17) is 11.6 Å². The van der Waals surface area contributed by atoms with Gasteiger partial charge in [-0.05, 0) is 5.56 Å². The standard InChI is InChI=1S/C8H5ClF3NO2/c9-7(8(10,11)12)5-2-1-3-6(4-5)13(14)15/h1-4,7H. The molecule has 1 aromatic rings. The Balaban J connectivity index is 3.06. The molecule has 0 heterocycles. The minimum Gasteiger partial charge on any atom is -0.258 e. The second-order valence-corrected chi connectivity index (χ2v) is 3.19. The number of benzene rings is 1. The first-order valence-corrected chi connectivity index (χ1v) is 4.21. The molecular weight excluding hydrogens is 235 g/mol. The highest BCUT2D eigenvalue weighted by atomic mass is 35.5. The lowest BCUT2D eigenvalue weighted by atomic mass is 10.1. The van der Waals surface area contributed by atoms with Crippen LogP contribution in [-0.2, 0) is 0 Å². The normalized spacial score (nSPS) is 13.6. The number of nitrogens with zero attached hydrogens (tertiary/aromatic N) is 1. The molecule has 0 aromatic heterocycles. The van der Waals surface area contributed by atoms with E-state index in [1.165, 1.54) is 0 Å². The molecule has 0 amide bonds. The maximum Gasteiger partial charge on any atom is 0.408 e. The SMILES string of the molecule is O=[N+]([O-])c1cccc(C(Cl)C(F)(F)F)c1. The first-order valence-electron chi connectivity index (χ1n) is 3.77. The number of hydrogen-bond acceptors (Lipinski definition) is 2. The Morgan fingerprint density at radius 2 is 2.00 bits per heavy atom. The summed E-state index contributed by atoms with van der Waals surface area (Å²) in [5, 5.41) is 8.08. The molecule has 0 radical (unpaired) electrons. The fourth-order valence-electron chi connectivity index (χ4n) is 0.985. The van der Waals surface area contributed by atoms with Crippen LogP contribution in [0, 0.1) is 10.1 Å². The zero-order chi connectivity index (χ0) is 11.6. The number of halogens is 4. The average Bonchev–Trinajstić information content (AvgIpc) is 2.15. The Labute approximate surface area is 87.6 Å². The van der Waals surface area contributed by atoms with Crippen LogP contribution in [0.2, 0.25) is 0 Å². The summed E-state index contributed by atoms with van der Waals surface area (Å²) in [6.45, 7) is 0. The third kappa shape index (κ3) is 2.82. The molecule has 0 aliphatic carbocycles. The molecular formula is C8H5ClF3NO2. The summed E-state index contributed by atoms with van der Waals surface area (Å²) < 4.78 is 36.5. The topological polar surface area (TPSA) is 43.1 Å². The molecule has 1 rings (SSSR count). The van der Waals surface area contributed by atoms with E-state index in [2.05, 4.69) is 0 Å². The number of alkyl halides is 4. The second kappa shape index (κ2) is 4.06. The van der Waals surface area contributed by atoms with Crippen molar-refractivity contribution in [3.05, 3.63) is 39.9 Å². The predicted molar refractivity (Wildman–Crippen MR) is 47.7 cm³/mol. The fraction of sp³-hybridized carbons (Fsp3) is 0.250. The largest absolute Gasteiger partial charge is 0.408 e. The van der Waals surface area contributed by atoms with Gasteiger partial charge in [-0.15, -0.1) is 11.6 Å². The molecule has 0 aliphatic heterocycles. The van der Waals surface area contributed by atoms with Gasteiger partial charge >= 0.3 is 6.18 Å². The molecule has 0 saturated heterocycles. The van der Waals surface area contributed by atoms with Crippen molar-refractivity contribution in [2.45, 2.75) is 11.6 Å². The molecule has 0 fully saturated rings. The summed E-state index contributed by atoms with van der Waals surface area (Å²) in [7, 11) is 0. The minimum atomic E-state index is -4.61. The minimum absolute atomic E-state index is 0.335. The predicted octanol–water partition coefficient (Wildman–Crippen LogP) is 3.44. The maximum absolute atomic E-state index is 12.2. The lowest BCUT2D eigenvalue weighted by Gasteiger charge is -2.13. The third-order valence-electron chi connectivity index (χ3n) is 1.66. The Kier molecular flexibility index (Phi) is 3.18.